The van der Waals surface area contributed by atoms with Crippen LogP contribution in [0.1, 0.15) is 47.1 Å². The molecule has 4 heteroatoms. The summed E-state index contributed by atoms with van der Waals surface area (Å²) in [5, 5.41) is 8.72. The van der Waals surface area contributed by atoms with Gasteiger partial charge in [-0.1, -0.05) is 47.0 Å². The second-order valence-electron chi connectivity index (χ2n) is 4.56. The van der Waals surface area contributed by atoms with Gasteiger partial charge in [0.15, 0.2) is 0 Å². The summed E-state index contributed by atoms with van der Waals surface area (Å²) in [4.78, 5) is 0. The Morgan fingerprint density at radius 2 is 1.39 bits per heavy atom. The van der Waals surface area contributed by atoms with Crippen molar-refractivity contribution >= 4 is 39.2 Å². The third-order valence-electron chi connectivity index (χ3n) is 3.68. The van der Waals surface area contributed by atoms with Crippen molar-refractivity contribution in [1.29, 1.82) is 0 Å². The molecule has 1 nitrogen and oxygen atoms in total. The van der Waals surface area contributed by atoms with Crippen molar-refractivity contribution in [3.63, 3.8) is 0 Å². The Balaban J connectivity index is 0.000000873. The average molecular weight is 653 g/mol. The van der Waals surface area contributed by atoms with Crippen LogP contribution in [0.15, 0.2) is 0 Å². The van der Waals surface area contributed by atoms with Crippen molar-refractivity contribution in [2.75, 3.05) is 6.61 Å². The zero-order chi connectivity index (χ0) is 14.1. The molecule has 1 aromatic carbocycles. The fourth-order valence-electron chi connectivity index (χ4n) is 2.26. The van der Waals surface area contributed by atoms with Crippen molar-refractivity contribution in [2.24, 2.45) is 0 Å². The van der Waals surface area contributed by atoms with Crippen LogP contribution < -0.4 is 0 Å². The number of hydrogen-bond donors (Lipinski definition) is 1. The number of aliphatic hydroxyl groups excluding tert-OH is 1. The molecular weight excluding hydrogens is 630 g/mol. The Kier molecular flexibility index (Phi) is 12.0. The molecule has 0 radical (unpaired) electrons. The molecule has 0 saturated heterocycles. The summed E-state index contributed by atoms with van der Waals surface area (Å²) in [6, 6.07) is 0. The molecule has 0 heterocycles. The molecule has 18 heavy (non-hydrogen) atoms. The zero-order valence-corrected chi connectivity index (χ0v) is 18.3. The van der Waals surface area contributed by atoms with Gasteiger partial charge < -0.3 is 5.11 Å². The van der Waals surface area contributed by atoms with E-state index in [1.807, 2.05) is 0 Å². The second-order valence-corrected chi connectivity index (χ2v) is 22.1. The van der Waals surface area contributed by atoms with Crippen LogP contribution >= 0.6 is 39.2 Å². The number of unbranched alkanes of at least 4 members (excludes halogenated alkanes) is 2. The first-order valence-electron chi connectivity index (χ1n) is 6.17. The number of rotatable bonds is 5. The van der Waals surface area contributed by atoms with Gasteiger partial charge in [-0.2, -0.15) is 27.8 Å². The van der Waals surface area contributed by atoms with E-state index < -0.39 is 0 Å². The van der Waals surface area contributed by atoms with E-state index >= 15 is 0 Å². The second kappa shape index (κ2) is 11.1. The van der Waals surface area contributed by atoms with Gasteiger partial charge in [0.1, 0.15) is 0 Å². The molecule has 0 spiro atoms. The molecule has 0 amide bonds. The molecule has 0 aliphatic carbocycles. The predicted octanol–water partition coefficient (Wildman–Crippen LogP) is 5.11. The van der Waals surface area contributed by atoms with Crippen LogP contribution in [-0.4, -0.2) is 11.7 Å². The Hall–Kier alpha value is 1.42. The molecule has 1 rings (SSSR count). The Labute approximate surface area is 141 Å². The molecule has 0 aromatic heterocycles. The number of hydrogen-bond acceptors (Lipinski definition) is 1. The van der Waals surface area contributed by atoms with Crippen LogP contribution in [-0.2, 0) is 17.0 Å². The fourth-order valence-corrected chi connectivity index (χ4v) is 2.26. The van der Waals surface area contributed by atoms with E-state index in [0.717, 1.165) is 12.8 Å². The van der Waals surface area contributed by atoms with E-state index in [1.54, 1.807) is 5.56 Å². The van der Waals surface area contributed by atoms with Crippen molar-refractivity contribution in [3.8, 4) is 0 Å². The van der Waals surface area contributed by atoms with Gasteiger partial charge in [-0.3, -0.25) is 0 Å². The van der Waals surface area contributed by atoms with Crippen molar-refractivity contribution < 1.29 is 15.6 Å². The van der Waals surface area contributed by atoms with Gasteiger partial charge in [-0.15, -0.1) is 0 Å². The van der Waals surface area contributed by atoms with E-state index in [-0.39, 0.29) is 0 Å². The first kappa shape index (κ1) is 19.4. The molecule has 0 aliphatic heterocycles. The average Bonchev–Trinajstić information content (AvgIpc) is 2.52. The van der Waals surface area contributed by atoms with Crippen LogP contribution in [0.5, 0.6) is 0 Å². The summed E-state index contributed by atoms with van der Waals surface area (Å²) in [5.74, 6) is 0. The molecule has 0 bridgehead atoms. The SMILES string of the molecule is Cc1c(C)c(C)[c-](CCCCCO)c1C.[I][Ir+][I]. The predicted molar refractivity (Wildman–Crippen MR) is 93.7 cm³/mol. The van der Waals surface area contributed by atoms with E-state index in [9.17, 15) is 0 Å². The molecule has 0 saturated carbocycles. The van der Waals surface area contributed by atoms with Crippen molar-refractivity contribution in [2.45, 2.75) is 53.4 Å². The van der Waals surface area contributed by atoms with E-state index in [1.165, 1.54) is 35.1 Å². The van der Waals surface area contributed by atoms with E-state index in [2.05, 4.69) is 66.9 Å². The van der Waals surface area contributed by atoms with Gasteiger partial charge in [-0.25, -0.2) is 0 Å². The first-order chi connectivity index (χ1) is 8.51. The molecule has 0 unspecified atom stereocenters. The molecule has 0 aliphatic rings. The molecule has 1 aromatic rings. The Morgan fingerprint density at radius 3 is 1.78 bits per heavy atom. The summed E-state index contributed by atoms with van der Waals surface area (Å²) in [6.45, 7) is 9.23. The van der Waals surface area contributed by atoms with Crippen LogP contribution in [0.4, 0.5) is 0 Å². The molecule has 0 atom stereocenters. The minimum atomic E-state index is 0.330. The van der Waals surface area contributed by atoms with E-state index in [0.29, 0.717) is 17.1 Å². The Bertz CT molecular complexity index is 323. The van der Waals surface area contributed by atoms with Crippen molar-refractivity contribution in [3.05, 3.63) is 27.8 Å². The molecular formula is C14H23I2IrO. The van der Waals surface area contributed by atoms with E-state index in [4.69, 9.17) is 5.11 Å². The standard InChI is InChI=1S/C14H23O.2HI.Ir/c1-10-11(2)13(4)14(12(10)3)8-6-5-7-9-15;;;/h15H,5-9H2,1-4H3;2*1H;/q-1;;;+3/p-2. The Morgan fingerprint density at radius 1 is 0.944 bits per heavy atom. The summed E-state index contributed by atoms with van der Waals surface area (Å²) in [7, 11) is 0.440. The third-order valence-corrected chi connectivity index (χ3v) is 3.68. The number of aliphatic hydroxyl groups is 1. The summed E-state index contributed by atoms with van der Waals surface area (Å²) in [5.41, 5.74) is 7.43. The van der Waals surface area contributed by atoms with Gasteiger partial charge in [0.2, 0.25) is 0 Å². The zero-order valence-electron chi connectivity index (χ0n) is 11.6. The van der Waals surface area contributed by atoms with Gasteiger partial charge in [0, 0.05) is 6.61 Å². The molecule has 0 fully saturated rings. The van der Waals surface area contributed by atoms with Gasteiger partial charge in [0.05, 0.1) is 0 Å². The quantitative estimate of drug-likeness (QED) is 0.266. The van der Waals surface area contributed by atoms with Gasteiger partial charge in [-0.05, 0) is 6.42 Å². The normalized spacial score (nSPS) is 10.4. The van der Waals surface area contributed by atoms with Crippen LogP contribution in [0.3, 0.4) is 0 Å². The first-order valence-corrected chi connectivity index (χ1v) is 19.8. The van der Waals surface area contributed by atoms with Crippen LogP contribution in [0.25, 0.3) is 0 Å². The van der Waals surface area contributed by atoms with Gasteiger partial charge in [0.25, 0.3) is 0 Å². The summed E-state index contributed by atoms with van der Waals surface area (Å²) in [6.07, 6.45) is 4.45. The summed E-state index contributed by atoms with van der Waals surface area (Å²) >= 11 is 4.80. The van der Waals surface area contributed by atoms with Gasteiger partial charge >= 0.3 is 49.7 Å². The fraction of sp³-hybridized carbons (Fsp3) is 0.643. The summed E-state index contributed by atoms with van der Waals surface area (Å²) < 4.78 is 0. The van der Waals surface area contributed by atoms with Crippen LogP contribution in [0, 0.1) is 27.7 Å². The topological polar surface area (TPSA) is 20.2 Å². The minimum absolute atomic E-state index is 0.330. The molecule has 1 N–H and O–H groups in total. The van der Waals surface area contributed by atoms with Crippen LogP contribution in [0.2, 0.25) is 0 Å². The third kappa shape index (κ3) is 6.25. The molecule has 108 valence electrons. The van der Waals surface area contributed by atoms with Crippen molar-refractivity contribution in [1.82, 2.24) is 0 Å². The maximum atomic E-state index is 8.72. The number of halogens is 2. The maximum absolute atomic E-state index is 8.72. The monoisotopic (exact) mass is 654 g/mol.